The van der Waals surface area contributed by atoms with E-state index in [0.717, 1.165) is 27.6 Å². The van der Waals surface area contributed by atoms with Gasteiger partial charge in [0.1, 0.15) is 5.82 Å². The molecule has 4 rings (SSSR count). The summed E-state index contributed by atoms with van der Waals surface area (Å²) >= 11 is 0. The van der Waals surface area contributed by atoms with Crippen LogP contribution in [0.3, 0.4) is 0 Å². The summed E-state index contributed by atoms with van der Waals surface area (Å²) < 4.78 is 13.3. The highest BCUT2D eigenvalue weighted by Crippen LogP contribution is 2.19. The van der Waals surface area contributed by atoms with E-state index < -0.39 is 0 Å². The highest BCUT2D eigenvalue weighted by molar-refractivity contribution is 5.83. The van der Waals surface area contributed by atoms with E-state index in [2.05, 4.69) is 10.3 Å². The maximum atomic E-state index is 13.3. The Labute approximate surface area is 181 Å². The summed E-state index contributed by atoms with van der Waals surface area (Å²) in [6.07, 6.45) is 2.91. The number of amides is 3. The zero-order valence-electron chi connectivity index (χ0n) is 17.7. The minimum absolute atomic E-state index is 0.102. The topological polar surface area (TPSA) is 68.4 Å². The smallest absolute Gasteiger partial charge is 0.317 e. The Kier molecular flexibility index (Phi) is 6.21. The van der Waals surface area contributed by atoms with Crippen molar-refractivity contribution in [2.24, 2.45) is 0 Å². The highest BCUT2D eigenvalue weighted by Gasteiger charge is 2.24. The lowest BCUT2D eigenvalue weighted by atomic mass is 10.1. The molecule has 0 bridgehead atoms. The molecule has 1 saturated heterocycles. The van der Waals surface area contributed by atoms with Crippen LogP contribution in [0.4, 0.5) is 9.18 Å². The quantitative estimate of drug-likeness (QED) is 0.663. The van der Waals surface area contributed by atoms with Crippen molar-refractivity contribution in [3.05, 3.63) is 71.2 Å². The predicted octanol–water partition coefficient (Wildman–Crippen LogP) is 3.25. The Morgan fingerprint density at radius 2 is 1.77 bits per heavy atom. The number of H-pyrrole nitrogens is 1. The Bertz CT molecular complexity index is 1090. The second kappa shape index (κ2) is 9.20. The fourth-order valence-corrected chi connectivity index (χ4v) is 4.02. The number of hydrogen-bond acceptors (Lipinski definition) is 2. The van der Waals surface area contributed by atoms with Crippen LogP contribution in [0.15, 0.2) is 48.7 Å². The Morgan fingerprint density at radius 3 is 2.55 bits per heavy atom. The molecule has 2 N–H and O–H groups in total. The first kappa shape index (κ1) is 20.9. The summed E-state index contributed by atoms with van der Waals surface area (Å²) in [4.78, 5) is 31.8. The SMILES string of the molecule is Cc1ccccc1CC(=O)N1CCN(C(=O)NCCc2c[nH]c3cc(F)ccc23)CC1. The van der Waals surface area contributed by atoms with E-state index in [1.165, 1.54) is 12.1 Å². The van der Waals surface area contributed by atoms with E-state index in [1.54, 1.807) is 11.0 Å². The van der Waals surface area contributed by atoms with Gasteiger partial charge in [0.15, 0.2) is 0 Å². The van der Waals surface area contributed by atoms with E-state index in [9.17, 15) is 14.0 Å². The van der Waals surface area contributed by atoms with Gasteiger partial charge in [-0.05, 0) is 48.2 Å². The zero-order chi connectivity index (χ0) is 21.8. The molecule has 0 unspecified atom stereocenters. The number of nitrogens with one attached hydrogen (secondary N) is 2. The molecule has 0 spiro atoms. The van der Waals surface area contributed by atoms with Crippen LogP contribution >= 0.6 is 0 Å². The van der Waals surface area contributed by atoms with Crippen LogP contribution in [0.1, 0.15) is 16.7 Å². The minimum atomic E-state index is -0.272. The van der Waals surface area contributed by atoms with Crippen molar-refractivity contribution >= 4 is 22.8 Å². The summed E-state index contributed by atoms with van der Waals surface area (Å²) in [5, 5.41) is 3.92. The molecule has 6 nitrogen and oxygen atoms in total. The molecular weight excluding hydrogens is 395 g/mol. The summed E-state index contributed by atoms with van der Waals surface area (Å²) in [5.41, 5.74) is 3.97. The molecule has 1 aliphatic rings. The first-order chi connectivity index (χ1) is 15.0. The maximum absolute atomic E-state index is 13.3. The number of aromatic amines is 1. The molecule has 31 heavy (non-hydrogen) atoms. The first-order valence-electron chi connectivity index (χ1n) is 10.6. The van der Waals surface area contributed by atoms with Gasteiger partial charge in [-0.25, -0.2) is 9.18 Å². The second-order valence-electron chi connectivity index (χ2n) is 7.96. The molecule has 7 heteroatoms. The summed E-state index contributed by atoms with van der Waals surface area (Å²) in [7, 11) is 0. The molecule has 2 heterocycles. The van der Waals surface area contributed by atoms with Gasteiger partial charge in [0.05, 0.1) is 6.42 Å². The van der Waals surface area contributed by atoms with Crippen molar-refractivity contribution in [2.75, 3.05) is 32.7 Å². The third kappa shape index (κ3) is 4.87. The number of urea groups is 1. The average molecular weight is 423 g/mol. The Hall–Kier alpha value is -3.35. The fourth-order valence-electron chi connectivity index (χ4n) is 4.02. The van der Waals surface area contributed by atoms with Gasteiger partial charge in [-0.1, -0.05) is 24.3 Å². The van der Waals surface area contributed by atoms with Crippen LogP contribution in [-0.2, 0) is 17.6 Å². The van der Waals surface area contributed by atoms with E-state index in [1.807, 2.05) is 42.3 Å². The van der Waals surface area contributed by atoms with Gasteiger partial charge in [0, 0.05) is 49.8 Å². The van der Waals surface area contributed by atoms with Gasteiger partial charge >= 0.3 is 6.03 Å². The maximum Gasteiger partial charge on any atom is 0.317 e. The Balaban J connectivity index is 1.23. The molecule has 1 aliphatic heterocycles. The van der Waals surface area contributed by atoms with Crippen LogP contribution in [0, 0.1) is 12.7 Å². The summed E-state index contributed by atoms with van der Waals surface area (Å²) in [5.74, 6) is -0.170. The van der Waals surface area contributed by atoms with Gasteiger partial charge < -0.3 is 20.1 Å². The molecule has 0 atom stereocenters. The molecule has 0 radical (unpaired) electrons. The number of hydrogen-bond donors (Lipinski definition) is 2. The lowest BCUT2D eigenvalue weighted by Crippen LogP contribution is -2.53. The molecule has 3 aromatic rings. The normalized spacial score (nSPS) is 14.1. The van der Waals surface area contributed by atoms with Gasteiger partial charge in [-0.3, -0.25) is 4.79 Å². The molecule has 162 valence electrons. The molecular formula is C24H27FN4O2. The van der Waals surface area contributed by atoms with Crippen LogP contribution < -0.4 is 5.32 Å². The monoisotopic (exact) mass is 422 g/mol. The van der Waals surface area contributed by atoms with Crippen molar-refractivity contribution in [3.63, 3.8) is 0 Å². The van der Waals surface area contributed by atoms with Gasteiger partial charge in [0.2, 0.25) is 5.91 Å². The number of fused-ring (bicyclic) bond motifs is 1. The molecule has 2 aromatic carbocycles. The lowest BCUT2D eigenvalue weighted by Gasteiger charge is -2.35. The molecule has 0 aliphatic carbocycles. The van der Waals surface area contributed by atoms with Crippen molar-refractivity contribution < 1.29 is 14.0 Å². The average Bonchev–Trinajstić information content (AvgIpc) is 3.17. The number of benzene rings is 2. The standard InChI is InChI=1S/C24H27FN4O2/c1-17-4-2-3-5-18(17)14-23(30)28-10-12-29(13-11-28)24(31)26-9-8-19-16-27-22-15-20(25)6-7-21(19)22/h2-7,15-16,27H,8-14H2,1H3,(H,26,31). The van der Waals surface area contributed by atoms with Gasteiger partial charge in [-0.15, -0.1) is 0 Å². The largest absolute Gasteiger partial charge is 0.361 e. The third-order valence-electron chi connectivity index (χ3n) is 5.92. The van der Waals surface area contributed by atoms with Crippen LogP contribution in [0.5, 0.6) is 0 Å². The van der Waals surface area contributed by atoms with E-state index in [-0.39, 0.29) is 17.8 Å². The number of aryl methyl sites for hydroxylation is 1. The van der Waals surface area contributed by atoms with Crippen molar-refractivity contribution in [3.8, 4) is 0 Å². The molecule has 3 amide bonds. The molecule has 1 fully saturated rings. The fraction of sp³-hybridized carbons (Fsp3) is 0.333. The number of carbonyl (C=O) groups excluding carboxylic acids is 2. The van der Waals surface area contributed by atoms with Crippen molar-refractivity contribution in [1.82, 2.24) is 20.1 Å². The summed E-state index contributed by atoms with van der Waals surface area (Å²) in [6, 6.07) is 12.5. The molecule has 1 aromatic heterocycles. The van der Waals surface area contributed by atoms with E-state index >= 15 is 0 Å². The number of piperazine rings is 1. The Morgan fingerprint density at radius 1 is 1.03 bits per heavy atom. The van der Waals surface area contributed by atoms with E-state index in [0.29, 0.717) is 45.6 Å². The summed E-state index contributed by atoms with van der Waals surface area (Å²) in [6.45, 7) is 4.66. The third-order valence-corrected chi connectivity index (χ3v) is 5.92. The predicted molar refractivity (Wildman–Crippen MR) is 118 cm³/mol. The second-order valence-corrected chi connectivity index (χ2v) is 7.96. The number of halogens is 1. The molecule has 0 saturated carbocycles. The van der Waals surface area contributed by atoms with Crippen molar-refractivity contribution in [1.29, 1.82) is 0 Å². The van der Waals surface area contributed by atoms with Gasteiger partial charge in [0.25, 0.3) is 0 Å². The number of nitrogens with zero attached hydrogens (tertiary/aromatic N) is 2. The van der Waals surface area contributed by atoms with E-state index in [4.69, 9.17) is 0 Å². The highest BCUT2D eigenvalue weighted by atomic mass is 19.1. The van der Waals surface area contributed by atoms with Crippen LogP contribution in [0.25, 0.3) is 10.9 Å². The number of carbonyl (C=O) groups is 2. The number of rotatable bonds is 5. The van der Waals surface area contributed by atoms with Crippen molar-refractivity contribution in [2.45, 2.75) is 19.8 Å². The zero-order valence-corrected chi connectivity index (χ0v) is 17.7. The minimum Gasteiger partial charge on any atom is -0.361 e. The van der Waals surface area contributed by atoms with Crippen LogP contribution in [-0.4, -0.2) is 59.4 Å². The number of aromatic nitrogens is 1. The van der Waals surface area contributed by atoms with Crippen LogP contribution in [0.2, 0.25) is 0 Å². The van der Waals surface area contributed by atoms with Gasteiger partial charge in [-0.2, -0.15) is 0 Å². The first-order valence-corrected chi connectivity index (χ1v) is 10.6. The lowest BCUT2D eigenvalue weighted by molar-refractivity contribution is -0.131.